The van der Waals surface area contributed by atoms with Crippen LogP contribution in [-0.4, -0.2) is 11.3 Å². The van der Waals surface area contributed by atoms with Crippen molar-refractivity contribution >= 4 is 0 Å². The van der Waals surface area contributed by atoms with Crippen LogP contribution >= 0.6 is 0 Å². The fourth-order valence-electron chi connectivity index (χ4n) is 0.941. The van der Waals surface area contributed by atoms with Gasteiger partial charge in [0, 0.05) is 18.0 Å². The fourth-order valence-corrected chi connectivity index (χ4v) is 0.941. The van der Waals surface area contributed by atoms with Crippen molar-refractivity contribution in [3.8, 4) is 5.75 Å². The summed E-state index contributed by atoms with van der Waals surface area (Å²) < 4.78 is 39.2. The van der Waals surface area contributed by atoms with E-state index >= 15 is 0 Å². The van der Waals surface area contributed by atoms with Gasteiger partial charge in [-0.3, -0.25) is 4.98 Å². The molecule has 0 spiro atoms. The summed E-state index contributed by atoms with van der Waals surface area (Å²) in [4.78, 5) is 3.92. The summed E-state index contributed by atoms with van der Waals surface area (Å²) in [5.74, 6) is -0.150. The summed E-state index contributed by atoms with van der Waals surface area (Å²) in [6, 6.07) is 2.47. The third kappa shape index (κ3) is 5.58. The molecular formula is C11H16F3NO. The molecule has 1 rings (SSSR count). The second kappa shape index (κ2) is 6.35. The first-order chi connectivity index (χ1) is 7.38. The average molecular weight is 235 g/mol. The summed E-state index contributed by atoms with van der Waals surface area (Å²) in [6.07, 6.45) is -3.34. The Bertz CT molecular complexity index is 310. The SMILES string of the molecule is CC.CC(C)c1cc(OC(F)(F)F)ccn1. The molecule has 0 fully saturated rings. The zero-order chi connectivity index (χ0) is 12.8. The Balaban J connectivity index is 0.00000106. The van der Waals surface area contributed by atoms with Gasteiger partial charge in [0.05, 0.1) is 0 Å². The minimum Gasteiger partial charge on any atom is -0.406 e. The van der Waals surface area contributed by atoms with Gasteiger partial charge in [0.15, 0.2) is 0 Å². The molecule has 0 amide bonds. The number of ether oxygens (including phenoxy) is 1. The van der Waals surface area contributed by atoms with E-state index in [0.29, 0.717) is 5.69 Å². The number of hydrogen-bond donors (Lipinski definition) is 0. The van der Waals surface area contributed by atoms with Crippen LogP contribution in [0.1, 0.15) is 39.3 Å². The Morgan fingerprint density at radius 1 is 1.25 bits per heavy atom. The highest BCUT2D eigenvalue weighted by Crippen LogP contribution is 2.24. The van der Waals surface area contributed by atoms with Crippen molar-refractivity contribution in [1.29, 1.82) is 0 Å². The van der Waals surface area contributed by atoms with Crippen LogP contribution in [0.3, 0.4) is 0 Å². The quantitative estimate of drug-likeness (QED) is 0.768. The average Bonchev–Trinajstić information content (AvgIpc) is 2.18. The molecule has 0 aliphatic heterocycles. The second-order valence-electron chi connectivity index (χ2n) is 3.12. The van der Waals surface area contributed by atoms with Gasteiger partial charge in [0.2, 0.25) is 0 Å². The maximum Gasteiger partial charge on any atom is 0.573 e. The molecule has 16 heavy (non-hydrogen) atoms. The van der Waals surface area contributed by atoms with Crippen molar-refractivity contribution < 1.29 is 17.9 Å². The molecule has 0 saturated carbocycles. The van der Waals surface area contributed by atoms with Crippen LogP contribution in [0.15, 0.2) is 18.3 Å². The third-order valence-corrected chi connectivity index (χ3v) is 1.58. The lowest BCUT2D eigenvalue weighted by molar-refractivity contribution is -0.274. The highest BCUT2D eigenvalue weighted by atomic mass is 19.4. The summed E-state index contributed by atoms with van der Waals surface area (Å²) in [7, 11) is 0. The minimum atomic E-state index is -4.64. The molecule has 2 nitrogen and oxygen atoms in total. The third-order valence-electron chi connectivity index (χ3n) is 1.58. The highest BCUT2D eigenvalue weighted by molar-refractivity contribution is 5.24. The molecular weight excluding hydrogens is 219 g/mol. The molecule has 1 heterocycles. The number of alkyl halides is 3. The second-order valence-corrected chi connectivity index (χ2v) is 3.12. The summed E-state index contributed by atoms with van der Waals surface area (Å²) >= 11 is 0. The molecule has 0 radical (unpaired) electrons. The molecule has 1 aromatic rings. The van der Waals surface area contributed by atoms with Gasteiger partial charge >= 0.3 is 6.36 Å². The molecule has 0 aromatic carbocycles. The minimum absolute atomic E-state index is 0.0757. The molecule has 0 aliphatic rings. The van der Waals surface area contributed by atoms with E-state index in [2.05, 4.69) is 9.72 Å². The van der Waals surface area contributed by atoms with E-state index in [9.17, 15) is 13.2 Å². The van der Waals surface area contributed by atoms with Gasteiger partial charge in [-0.15, -0.1) is 13.2 Å². The summed E-state index contributed by atoms with van der Waals surface area (Å²) in [5.41, 5.74) is 0.576. The van der Waals surface area contributed by atoms with Gasteiger partial charge in [0.1, 0.15) is 5.75 Å². The topological polar surface area (TPSA) is 22.1 Å². The number of halogens is 3. The van der Waals surface area contributed by atoms with E-state index in [1.807, 2.05) is 27.7 Å². The predicted molar refractivity (Wildman–Crippen MR) is 56.4 cm³/mol. The van der Waals surface area contributed by atoms with E-state index in [4.69, 9.17) is 0 Å². The molecule has 0 unspecified atom stereocenters. The fraction of sp³-hybridized carbons (Fsp3) is 0.545. The number of hydrogen-bond acceptors (Lipinski definition) is 2. The molecule has 0 N–H and O–H groups in total. The maximum absolute atomic E-state index is 11.8. The van der Waals surface area contributed by atoms with Gasteiger partial charge in [0.25, 0.3) is 0 Å². The van der Waals surface area contributed by atoms with E-state index in [1.165, 1.54) is 18.3 Å². The monoisotopic (exact) mass is 235 g/mol. The van der Waals surface area contributed by atoms with Crippen LogP contribution in [0.4, 0.5) is 13.2 Å². The highest BCUT2D eigenvalue weighted by Gasteiger charge is 2.31. The molecule has 92 valence electrons. The lowest BCUT2D eigenvalue weighted by Crippen LogP contribution is -2.17. The van der Waals surface area contributed by atoms with Crippen LogP contribution in [0, 0.1) is 0 Å². The zero-order valence-corrected chi connectivity index (χ0v) is 9.80. The van der Waals surface area contributed by atoms with Crippen molar-refractivity contribution in [3.05, 3.63) is 24.0 Å². The molecule has 0 saturated heterocycles. The Kier molecular flexibility index (Phi) is 5.85. The largest absolute Gasteiger partial charge is 0.573 e. The maximum atomic E-state index is 11.8. The summed E-state index contributed by atoms with van der Waals surface area (Å²) in [5, 5.41) is 0. The van der Waals surface area contributed by atoms with Gasteiger partial charge < -0.3 is 4.74 Å². The number of pyridine rings is 1. The smallest absolute Gasteiger partial charge is 0.406 e. The van der Waals surface area contributed by atoms with Crippen LogP contribution in [0.2, 0.25) is 0 Å². The van der Waals surface area contributed by atoms with Crippen LogP contribution in [0.25, 0.3) is 0 Å². The van der Waals surface area contributed by atoms with Crippen molar-refractivity contribution in [3.63, 3.8) is 0 Å². The van der Waals surface area contributed by atoms with E-state index < -0.39 is 6.36 Å². The Morgan fingerprint density at radius 3 is 2.25 bits per heavy atom. The van der Waals surface area contributed by atoms with Gasteiger partial charge in [-0.2, -0.15) is 0 Å². The van der Waals surface area contributed by atoms with Crippen LogP contribution < -0.4 is 4.74 Å². The number of nitrogens with zero attached hydrogens (tertiary/aromatic N) is 1. The molecule has 0 atom stereocenters. The van der Waals surface area contributed by atoms with Crippen LogP contribution in [-0.2, 0) is 0 Å². The molecule has 1 aromatic heterocycles. The normalized spacial score (nSPS) is 10.8. The Morgan fingerprint density at radius 2 is 1.81 bits per heavy atom. The number of rotatable bonds is 2. The summed E-state index contributed by atoms with van der Waals surface area (Å²) in [6.45, 7) is 7.69. The predicted octanol–water partition coefficient (Wildman–Crippen LogP) is 4.13. The van der Waals surface area contributed by atoms with E-state index in [-0.39, 0.29) is 11.7 Å². The lowest BCUT2D eigenvalue weighted by Gasteiger charge is -2.10. The van der Waals surface area contributed by atoms with Crippen molar-refractivity contribution in [2.75, 3.05) is 0 Å². The molecule has 0 aliphatic carbocycles. The molecule has 5 heteroatoms. The van der Waals surface area contributed by atoms with Crippen molar-refractivity contribution in [2.24, 2.45) is 0 Å². The van der Waals surface area contributed by atoms with E-state index in [0.717, 1.165) is 0 Å². The van der Waals surface area contributed by atoms with Gasteiger partial charge in [-0.05, 0) is 12.0 Å². The number of aromatic nitrogens is 1. The first-order valence-electron chi connectivity index (χ1n) is 5.10. The zero-order valence-electron chi connectivity index (χ0n) is 9.80. The Hall–Kier alpha value is -1.26. The van der Waals surface area contributed by atoms with Gasteiger partial charge in [-0.25, -0.2) is 0 Å². The lowest BCUT2D eigenvalue weighted by atomic mass is 10.1. The van der Waals surface area contributed by atoms with Crippen molar-refractivity contribution in [2.45, 2.75) is 40.0 Å². The Labute approximate surface area is 93.5 Å². The van der Waals surface area contributed by atoms with Gasteiger partial charge in [-0.1, -0.05) is 27.7 Å². The standard InChI is InChI=1S/C9H10F3NO.C2H6/c1-6(2)8-5-7(3-4-13-8)14-9(10,11)12;1-2/h3-6H,1-2H3;1-2H3. The van der Waals surface area contributed by atoms with Crippen molar-refractivity contribution in [1.82, 2.24) is 4.98 Å². The first kappa shape index (κ1) is 14.7. The molecule has 0 bridgehead atoms. The van der Waals surface area contributed by atoms with Crippen LogP contribution in [0.5, 0.6) is 5.75 Å². The van der Waals surface area contributed by atoms with E-state index in [1.54, 1.807) is 0 Å². The first-order valence-corrected chi connectivity index (χ1v) is 5.10.